The van der Waals surface area contributed by atoms with Crippen LogP contribution in [0.15, 0.2) is 0 Å². The van der Waals surface area contributed by atoms with Gasteiger partial charge >= 0.3 is 5.97 Å². The van der Waals surface area contributed by atoms with Crippen LogP contribution in [0.25, 0.3) is 0 Å². The number of aliphatic carboxylic acids is 1. The first kappa shape index (κ1) is 11.5. The molecule has 1 aliphatic rings. The second kappa shape index (κ2) is 4.78. The van der Waals surface area contributed by atoms with Crippen molar-refractivity contribution >= 4 is 5.97 Å². The first-order valence-electron chi connectivity index (χ1n) is 5.37. The Labute approximate surface area is 85.5 Å². The van der Waals surface area contributed by atoms with Gasteiger partial charge in [-0.05, 0) is 33.1 Å². The van der Waals surface area contributed by atoms with Crippen LogP contribution in [0.5, 0.6) is 0 Å². The van der Waals surface area contributed by atoms with E-state index in [1.807, 2.05) is 0 Å². The van der Waals surface area contributed by atoms with Crippen molar-refractivity contribution in [1.29, 1.82) is 0 Å². The number of rotatable bonds is 5. The molecule has 3 nitrogen and oxygen atoms in total. The normalized spacial score (nSPS) is 18.7. The van der Waals surface area contributed by atoms with Gasteiger partial charge in [-0.1, -0.05) is 12.8 Å². The molecule has 1 fully saturated rings. The van der Waals surface area contributed by atoms with Crippen LogP contribution < -0.4 is 0 Å². The van der Waals surface area contributed by atoms with E-state index < -0.39 is 11.4 Å². The highest BCUT2D eigenvalue weighted by Gasteiger charge is 2.27. The highest BCUT2D eigenvalue weighted by atomic mass is 16.5. The van der Waals surface area contributed by atoms with E-state index in [9.17, 15) is 4.79 Å². The third-order valence-corrected chi connectivity index (χ3v) is 2.96. The second-order valence-electron chi connectivity index (χ2n) is 4.72. The molecule has 0 saturated heterocycles. The van der Waals surface area contributed by atoms with Crippen molar-refractivity contribution in [3.63, 3.8) is 0 Å². The molecule has 3 heteroatoms. The van der Waals surface area contributed by atoms with Crippen molar-refractivity contribution < 1.29 is 14.6 Å². The molecule has 1 saturated carbocycles. The number of hydrogen-bond donors (Lipinski definition) is 1. The summed E-state index contributed by atoms with van der Waals surface area (Å²) < 4.78 is 5.63. The molecule has 0 amide bonds. The van der Waals surface area contributed by atoms with Gasteiger partial charge in [-0.3, -0.25) is 4.79 Å². The van der Waals surface area contributed by atoms with Gasteiger partial charge in [0.05, 0.1) is 11.5 Å². The van der Waals surface area contributed by atoms with Gasteiger partial charge in [-0.2, -0.15) is 0 Å². The quantitative estimate of drug-likeness (QED) is 0.741. The molecule has 1 aliphatic carbocycles. The monoisotopic (exact) mass is 200 g/mol. The Morgan fingerprint density at radius 1 is 1.43 bits per heavy atom. The second-order valence-corrected chi connectivity index (χ2v) is 4.72. The van der Waals surface area contributed by atoms with Crippen molar-refractivity contribution in [2.45, 2.75) is 52.1 Å². The van der Waals surface area contributed by atoms with Crippen molar-refractivity contribution in [3.05, 3.63) is 0 Å². The maximum atomic E-state index is 10.8. The summed E-state index contributed by atoms with van der Waals surface area (Å²) in [5.41, 5.74) is -0.654. The van der Waals surface area contributed by atoms with Gasteiger partial charge in [0, 0.05) is 6.61 Å². The summed E-state index contributed by atoms with van der Waals surface area (Å²) in [6.07, 6.45) is 5.79. The van der Waals surface area contributed by atoms with Gasteiger partial charge < -0.3 is 9.84 Å². The number of carbonyl (C=O) groups is 1. The summed E-state index contributed by atoms with van der Waals surface area (Å²) in [5, 5.41) is 8.88. The molecule has 82 valence electrons. The van der Waals surface area contributed by atoms with Crippen molar-refractivity contribution in [1.82, 2.24) is 0 Å². The smallest absolute Gasteiger partial charge is 0.309 e. The topological polar surface area (TPSA) is 46.5 Å². The third-order valence-electron chi connectivity index (χ3n) is 2.96. The van der Waals surface area contributed by atoms with E-state index >= 15 is 0 Å². The fourth-order valence-corrected chi connectivity index (χ4v) is 1.64. The molecule has 0 aliphatic heterocycles. The Bertz CT molecular complexity index is 193. The first-order chi connectivity index (χ1) is 6.52. The average Bonchev–Trinajstić information content (AvgIpc) is 2.56. The van der Waals surface area contributed by atoms with Crippen LogP contribution in [0.4, 0.5) is 0 Å². The molecule has 0 aromatic carbocycles. The highest BCUT2D eigenvalue weighted by molar-refractivity contribution is 5.73. The summed E-state index contributed by atoms with van der Waals surface area (Å²) in [5.74, 6) is -0.743. The van der Waals surface area contributed by atoms with Crippen LogP contribution >= 0.6 is 0 Å². The predicted molar refractivity (Wildman–Crippen MR) is 54.2 cm³/mol. The van der Waals surface area contributed by atoms with Gasteiger partial charge in [0.1, 0.15) is 0 Å². The van der Waals surface area contributed by atoms with E-state index in [4.69, 9.17) is 9.84 Å². The van der Waals surface area contributed by atoms with Crippen molar-refractivity contribution in [3.8, 4) is 0 Å². The summed E-state index contributed by atoms with van der Waals surface area (Å²) in [4.78, 5) is 10.8. The van der Waals surface area contributed by atoms with E-state index in [1.165, 1.54) is 12.8 Å². The van der Waals surface area contributed by atoms with Crippen molar-refractivity contribution in [2.24, 2.45) is 5.41 Å². The Balaban J connectivity index is 2.16. The molecular weight excluding hydrogens is 180 g/mol. The lowest BCUT2D eigenvalue weighted by Gasteiger charge is -2.20. The van der Waals surface area contributed by atoms with Gasteiger partial charge in [0.25, 0.3) is 0 Å². The zero-order valence-corrected chi connectivity index (χ0v) is 9.08. The van der Waals surface area contributed by atoms with Crippen molar-refractivity contribution in [2.75, 3.05) is 6.61 Å². The molecule has 0 bridgehead atoms. The number of ether oxygens (including phenoxy) is 1. The number of carboxylic acid groups (broad SMARTS) is 1. The molecule has 1 rings (SSSR count). The Kier molecular flexibility index (Phi) is 3.93. The minimum Gasteiger partial charge on any atom is -0.481 e. The number of hydrogen-bond acceptors (Lipinski definition) is 2. The summed E-state index contributed by atoms with van der Waals surface area (Å²) in [7, 11) is 0. The van der Waals surface area contributed by atoms with Crippen LogP contribution in [0.3, 0.4) is 0 Å². The molecular formula is C11H20O3. The molecule has 0 unspecified atom stereocenters. The number of carboxylic acids is 1. The molecule has 0 heterocycles. The summed E-state index contributed by atoms with van der Waals surface area (Å²) in [6, 6.07) is 0. The van der Waals surface area contributed by atoms with Gasteiger partial charge in [0.15, 0.2) is 0 Å². The van der Waals surface area contributed by atoms with E-state index in [1.54, 1.807) is 13.8 Å². The minimum atomic E-state index is -0.743. The average molecular weight is 200 g/mol. The maximum Gasteiger partial charge on any atom is 0.309 e. The van der Waals surface area contributed by atoms with Crippen LogP contribution in [-0.2, 0) is 9.53 Å². The van der Waals surface area contributed by atoms with E-state index in [0.717, 1.165) is 12.8 Å². The molecule has 0 radical (unpaired) electrons. The van der Waals surface area contributed by atoms with Crippen LogP contribution in [0.2, 0.25) is 0 Å². The summed E-state index contributed by atoms with van der Waals surface area (Å²) in [6.45, 7) is 4.06. The van der Waals surface area contributed by atoms with Gasteiger partial charge in [0.2, 0.25) is 0 Å². The molecule has 1 N–H and O–H groups in total. The van der Waals surface area contributed by atoms with E-state index in [2.05, 4.69) is 0 Å². The van der Waals surface area contributed by atoms with Gasteiger partial charge in [-0.25, -0.2) is 0 Å². The lowest BCUT2D eigenvalue weighted by atomic mass is 9.90. The first-order valence-corrected chi connectivity index (χ1v) is 5.37. The molecule has 0 atom stereocenters. The highest BCUT2D eigenvalue weighted by Crippen LogP contribution is 2.24. The largest absolute Gasteiger partial charge is 0.481 e. The third kappa shape index (κ3) is 3.29. The SMILES string of the molecule is CC(C)(CCOC1CCCC1)C(=O)O. The van der Waals surface area contributed by atoms with E-state index in [-0.39, 0.29) is 0 Å². The Hall–Kier alpha value is -0.570. The Morgan fingerprint density at radius 2 is 2.00 bits per heavy atom. The van der Waals surface area contributed by atoms with Crippen LogP contribution in [0, 0.1) is 5.41 Å². The zero-order chi connectivity index (χ0) is 10.6. The molecule has 0 aromatic rings. The Morgan fingerprint density at radius 3 is 2.50 bits per heavy atom. The predicted octanol–water partition coefficient (Wildman–Crippen LogP) is 2.45. The van der Waals surface area contributed by atoms with Gasteiger partial charge in [-0.15, -0.1) is 0 Å². The molecule has 0 aromatic heterocycles. The lowest BCUT2D eigenvalue weighted by Crippen LogP contribution is -2.26. The maximum absolute atomic E-state index is 10.8. The summed E-state index contributed by atoms with van der Waals surface area (Å²) >= 11 is 0. The minimum absolute atomic E-state index is 0.389. The van der Waals surface area contributed by atoms with Crippen LogP contribution in [-0.4, -0.2) is 23.8 Å². The molecule has 14 heavy (non-hydrogen) atoms. The fourth-order valence-electron chi connectivity index (χ4n) is 1.64. The standard InChI is InChI=1S/C11H20O3/c1-11(2,10(12)13)7-8-14-9-5-3-4-6-9/h9H,3-8H2,1-2H3,(H,12,13). The fraction of sp³-hybridized carbons (Fsp3) is 0.909. The van der Waals surface area contributed by atoms with E-state index in [0.29, 0.717) is 19.1 Å². The molecule has 0 spiro atoms. The van der Waals surface area contributed by atoms with Crippen LogP contribution in [0.1, 0.15) is 46.0 Å². The lowest BCUT2D eigenvalue weighted by molar-refractivity contribution is -0.148. The zero-order valence-electron chi connectivity index (χ0n) is 9.08.